The van der Waals surface area contributed by atoms with Crippen LogP contribution in [-0.4, -0.2) is 36.7 Å². The van der Waals surface area contributed by atoms with Gasteiger partial charge in [-0.05, 0) is 30.0 Å². The van der Waals surface area contributed by atoms with Gasteiger partial charge in [-0.2, -0.15) is 0 Å². The Labute approximate surface area is 127 Å². The first-order chi connectivity index (χ1) is 10.4. The highest BCUT2D eigenvalue weighted by Crippen LogP contribution is 2.36. The Balaban J connectivity index is 1.54. The van der Waals surface area contributed by atoms with Crippen molar-refractivity contribution in [3.63, 3.8) is 0 Å². The van der Waals surface area contributed by atoms with Gasteiger partial charge in [0.05, 0.1) is 6.61 Å². The summed E-state index contributed by atoms with van der Waals surface area (Å²) in [7, 11) is 0. The molecule has 0 radical (unpaired) electrons. The molecule has 114 valence electrons. The molecule has 1 aromatic carbocycles. The molecule has 2 fully saturated rings. The summed E-state index contributed by atoms with van der Waals surface area (Å²) in [5.74, 6) is 1.10. The average molecular weight is 286 g/mol. The van der Waals surface area contributed by atoms with Crippen molar-refractivity contribution in [3.8, 4) is 5.75 Å². The monoisotopic (exact) mass is 286 g/mol. The van der Waals surface area contributed by atoms with Crippen LogP contribution in [0.3, 0.4) is 0 Å². The third kappa shape index (κ3) is 2.58. The van der Waals surface area contributed by atoms with E-state index in [1.807, 2.05) is 0 Å². The standard InChI is InChI=1S/C18H26N2O/c1-2-7-18(8-3-1)14-19-9-10-20(18)13-15-4-5-17-16(12-15)6-11-21-17/h4-5,12,19H,1-3,6-11,13-14H2. The summed E-state index contributed by atoms with van der Waals surface area (Å²) in [6.45, 7) is 5.47. The van der Waals surface area contributed by atoms with Crippen LogP contribution in [0.4, 0.5) is 0 Å². The van der Waals surface area contributed by atoms with Crippen LogP contribution in [0.2, 0.25) is 0 Å². The Kier molecular flexibility index (Phi) is 3.64. The Bertz CT molecular complexity index is 500. The van der Waals surface area contributed by atoms with Crippen LogP contribution < -0.4 is 10.1 Å². The summed E-state index contributed by atoms with van der Waals surface area (Å²) in [5, 5.41) is 3.64. The van der Waals surface area contributed by atoms with Crippen molar-refractivity contribution in [2.45, 2.75) is 50.6 Å². The molecule has 1 N–H and O–H groups in total. The van der Waals surface area contributed by atoms with E-state index >= 15 is 0 Å². The van der Waals surface area contributed by atoms with Crippen molar-refractivity contribution < 1.29 is 4.74 Å². The van der Waals surface area contributed by atoms with Gasteiger partial charge in [0.15, 0.2) is 0 Å². The van der Waals surface area contributed by atoms with Crippen LogP contribution in [0.25, 0.3) is 0 Å². The fourth-order valence-electron chi connectivity index (χ4n) is 4.39. The smallest absolute Gasteiger partial charge is 0.122 e. The molecule has 0 unspecified atom stereocenters. The fourth-order valence-corrected chi connectivity index (χ4v) is 4.39. The predicted octanol–water partition coefficient (Wildman–Crippen LogP) is 2.73. The van der Waals surface area contributed by atoms with Crippen molar-refractivity contribution in [1.29, 1.82) is 0 Å². The van der Waals surface area contributed by atoms with E-state index in [0.717, 1.165) is 31.9 Å². The van der Waals surface area contributed by atoms with Gasteiger partial charge in [-0.3, -0.25) is 4.90 Å². The van der Waals surface area contributed by atoms with E-state index in [1.165, 1.54) is 56.3 Å². The number of nitrogens with one attached hydrogen (secondary N) is 1. The second-order valence-electron chi connectivity index (χ2n) is 6.92. The lowest BCUT2D eigenvalue weighted by Gasteiger charge is -2.50. The number of hydrogen-bond acceptors (Lipinski definition) is 3. The van der Waals surface area contributed by atoms with E-state index in [4.69, 9.17) is 4.74 Å². The highest BCUT2D eigenvalue weighted by Gasteiger charge is 2.39. The molecule has 1 saturated carbocycles. The minimum absolute atomic E-state index is 0.423. The topological polar surface area (TPSA) is 24.5 Å². The van der Waals surface area contributed by atoms with Crippen molar-refractivity contribution >= 4 is 0 Å². The van der Waals surface area contributed by atoms with Gasteiger partial charge in [0.2, 0.25) is 0 Å². The molecule has 1 saturated heterocycles. The number of benzene rings is 1. The maximum absolute atomic E-state index is 5.63. The first-order valence-corrected chi connectivity index (χ1v) is 8.56. The number of fused-ring (bicyclic) bond motifs is 1. The molecule has 0 amide bonds. The van der Waals surface area contributed by atoms with Gasteiger partial charge >= 0.3 is 0 Å². The molecule has 21 heavy (non-hydrogen) atoms. The molecule has 3 aliphatic rings. The van der Waals surface area contributed by atoms with Crippen molar-refractivity contribution in [2.24, 2.45) is 0 Å². The zero-order valence-electron chi connectivity index (χ0n) is 12.9. The lowest BCUT2D eigenvalue weighted by atomic mass is 9.79. The molecule has 0 bridgehead atoms. The third-order valence-corrected chi connectivity index (χ3v) is 5.59. The quantitative estimate of drug-likeness (QED) is 0.905. The number of rotatable bonds is 2. The van der Waals surface area contributed by atoms with E-state index in [9.17, 15) is 0 Å². The van der Waals surface area contributed by atoms with E-state index in [2.05, 4.69) is 28.4 Å². The van der Waals surface area contributed by atoms with Crippen LogP contribution in [-0.2, 0) is 13.0 Å². The molecule has 3 nitrogen and oxygen atoms in total. The van der Waals surface area contributed by atoms with Gasteiger partial charge in [0.25, 0.3) is 0 Å². The summed E-state index contributed by atoms with van der Waals surface area (Å²) in [4.78, 5) is 2.76. The zero-order valence-corrected chi connectivity index (χ0v) is 12.9. The molecule has 2 heterocycles. The predicted molar refractivity (Wildman–Crippen MR) is 84.7 cm³/mol. The molecule has 1 aromatic rings. The van der Waals surface area contributed by atoms with Gasteiger partial charge < -0.3 is 10.1 Å². The lowest BCUT2D eigenvalue weighted by Crippen LogP contribution is -2.61. The summed E-state index contributed by atoms with van der Waals surface area (Å²) >= 11 is 0. The average Bonchev–Trinajstić information content (AvgIpc) is 2.98. The number of hydrogen-bond donors (Lipinski definition) is 1. The zero-order chi connectivity index (χ0) is 14.1. The fraction of sp³-hybridized carbons (Fsp3) is 0.667. The van der Waals surface area contributed by atoms with E-state index in [1.54, 1.807) is 0 Å². The molecule has 4 rings (SSSR count). The highest BCUT2D eigenvalue weighted by atomic mass is 16.5. The molecule has 0 atom stereocenters. The number of piperazine rings is 1. The molecule has 1 spiro atoms. The number of ether oxygens (including phenoxy) is 1. The molecular weight excluding hydrogens is 260 g/mol. The van der Waals surface area contributed by atoms with Crippen LogP contribution in [0, 0.1) is 0 Å². The minimum Gasteiger partial charge on any atom is -0.493 e. The molecule has 1 aliphatic carbocycles. The maximum atomic E-state index is 5.63. The normalized spacial score (nSPS) is 24.8. The molecule has 3 heteroatoms. The Morgan fingerprint density at radius 1 is 1.19 bits per heavy atom. The maximum Gasteiger partial charge on any atom is 0.122 e. The van der Waals surface area contributed by atoms with Gasteiger partial charge in [-0.1, -0.05) is 31.4 Å². The molecular formula is C18H26N2O. The first-order valence-electron chi connectivity index (χ1n) is 8.56. The van der Waals surface area contributed by atoms with Gasteiger partial charge in [0.1, 0.15) is 5.75 Å². The molecule has 2 aliphatic heterocycles. The SMILES string of the molecule is c1cc2c(cc1CN1CCNCC13CCCCC3)CCO2. The summed E-state index contributed by atoms with van der Waals surface area (Å²) in [5.41, 5.74) is 3.29. The van der Waals surface area contributed by atoms with Crippen LogP contribution in [0.15, 0.2) is 18.2 Å². The van der Waals surface area contributed by atoms with Gasteiger partial charge in [0, 0.05) is 38.1 Å². The highest BCUT2D eigenvalue weighted by molar-refractivity contribution is 5.39. The van der Waals surface area contributed by atoms with E-state index in [-0.39, 0.29) is 0 Å². The second kappa shape index (κ2) is 5.62. The second-order valence-corrected chi connectivity index (χ2v) is 6.92. The van der Waals surface area contributed by atoms with Gasteiger partial charge in [-0.15, -0.1) is 0 Å². The summed E-state index contributed by atoms with van der Waals surface area (Å²) < 4.78 is 5.63. The summed E-state index contributed by atoms with van der Waals surface area (Å²) in [6.07, 6.45) is 8.04. The lowest BCUT2D eigenvalue weighted by molar-refractivity contribution is 0.0209. The Morgan fingerprint density at radius 2 is 2.10 bits per heavy atom. The van der Waals surface area contributed by atoms with E-state index in [0.29, 0.717) is 5.54 Å². The van der Waals surface area contributed by atoms with Crippen LogP contribution in [0.5, 0.6) is 5.75 Å². The third-order valence-electron chi connectivity index (χ3n) is 5.59. The summed E-state index contributed by atoms with van der Waals surface area (Å²) in [6, 6.07) is 6.82. The largest absolute Gasteiger partial charge is 0.493 e. The van der Waals surface area contributed by atoms with E-state index < -0.39 is 0 Å². The van der Waals surface area contributed by atoms with Crippen molar-refractivity contribution in [2.75, 3.05) is 26.2 Å². The number of nitrogens with zero attached hydrogens (tertiary/aromatic N) is 1. The Hall–Kier alpha value is -1.06. The molecule has 0 aromatic heterocycles. The van der Waals surface area contributed by atoms with Crippen molar-refractivity contribution in [3.05, 3.63) is 29.3 Å². The van der Waals surface area contributed by atoms with Crippen molar-refractivity contribution in [1.82, 2.24) is 10.2 Å². The van der Waals surface area contributed by atoms with Crippen LogP contribution >= 0.6 is 0 Å². The van der Waals surface area contributed by atoms with Gasteiger partial charge in [-0.25, -0.2) is 0 Å². The first kappa shape index (κ1) is 13.6. The minimum atomic E-state index is 0.423. The Morgan fingerprint density at radius 3 is 3.00 bits per heavy atom. The van der Waals surface area contributed by atoms with Crippen LogP contribution in [0.1, 0.15) is 43.2 Å².